The number of aryl methyl sites for hydroxylation is 2. The highest BCUT2D eigenvalue weighted by molar-refractivity contribution is 7.17. The Labute approximate surface area is 139 Å². The number of amides is 2. The average Bonchev–Trinajstić information content (AvgIpc) is 2.93. The fourth-order valence-electron chi connectivity index (χ4n) is 2.16. The molecule has 0 atom stereocenters. The van der Waals surface area contributed by atoms with Gasteiger partial charge in [0.15, 0.2) is 0 Å². The average molecular weight is 331 g/mol. The van der Waals surface area contributed by atoms with Gasteiger partial charge >= 0.3 is 0 Å². The first kappa shape index (κ1) is 17.1. The van der Waals surface area contributed by atoms with Crippen LogP contribution in [0.5, 0.6) is 0 Å². The zero-order chi connectivity index (χ0) is 16.8. The summed E-state index contributed by atoms with van der Waals surface area (Å²) in [7, 11) is 0. The van der Waals surface area contributed by atoms with Crippen LogP contribution >= 0.6 is 11.3 Å². The van der Waals surface area contributed by atoms with E-state index in [0.717, 1.165) is 22.7 Å². The number of rotatable bonds is 7. The van der Waals surface area contributed by atoms with E-state index in [9.17, 15) is 9.59 Å². The van der Waals surface area contributed by atoms with Gasteiger partial charge in [-0.3, -0.25) is 9.59 Å². The van der Waals surface area contributed by atoms with Gasteiger partial charge in [0.25, 0.3) is 5.91 Å². The molecule has 23 heavy (non-hydrogen) atoms. The van der Waals surface area contributed by atoms with E-state index in [0.29, 0.717) is 17.8 Å². The Morgan fingerprint density at radius 3 is 2.57 bits per heavy atom. The predicted molar refractivity (Wildman–Crippen MR) is 92.4 cm³/mol. The highest BCUT2D eigenvalue weighted by Crippen LogP contribution is 2.28. The molecule has 1 aromatic heterocycles. The van der Waals surface area contributed by atoms with Crippen LogP contribution in [0.2, 0.25) is 0 Å². The van der Waals surface area contributed by atoms with Gasteiger partial charge in [0.1, 0.15) is 9.88 Å². The molecule has 2 aromatic rings. The number of nitrogens with one attached hydrogen (secondary N) is 1. The van der Waals surface area contributed by atoms with Gasteiger partial charge in [-0.05, 0) is 25.3 Å². The molecule has 0 aliphatic rings. The molecule has 0 spiro atoms. The monoisotopic (exact) mass is 331 g/mol. The molecular formula is C17H21N3O2S. The molecule has 0 aliphatic carbocycles. The molecule has 3 N–H and O–H groups in total. The highest BCUT2D eigenvalue weighted by Gasteiger charge is 2.15. The lowest BCUT2D eigenvalue weighted by Crippen LogP contribution is -2.25. The minimum absolute atomic E-state index is 0.152. The summed E-state index contributed by atoms with van der Waals surface area (Å²) in [6.07, 6.45) is 1.82. The van der Waals surface area contributed by atoms with Gasteiger partial charge in [0, 0.05) is 18.5 Å². The molecule has 6 heteroatoms. The Morgan fingerprint density at radius 1 is 1.26 bits per heavy atom. The lowest BCUT2D eigenvalue weighted by molar-refractivity contribution is -0.118. The zero-order valence-electron chi connectivity index (χ0n) is 13.4. The second-order valence-electron chi connectivity index (χ2n) is 5.31. The van der Waals surface area contributed by atoms with Crippen LogP contribution in [0.4, 0.5) is 0 Å². The Hall–Kier alpha value is -2.21. The van der Waals surface area contributed by atoms with Crippen LogP contribution in [0.25, 0.3) is 10.6 Å². The van der Waals surface area contributed by atoms with Crippen LogP contribution < -0.4 is 11.1 Å². The second-order valence-corrected chi connectivity index (χ2v) is 6.31. The van der Waals surface area contributed by atoms with Crippen molar-refractivity contribution in [3.63, 3.8) is 0 Å². The van der Waals surface area contributed by atoms with Crippen molar-refractivity contribution in [1.82, 2.24) is 10.3 Å². The number of carbonyl (C=O) groups excluding carboxylic acids is 2. The third-order valence-electron chi connectivity index (χ3n) is 3.50. The molecule has 0 saturated heterocycles. The van der Waals surface area contributed by atoms with Crippen LogP contribution in [0.3, 0.4) is 0 Å². The number of thiazole rings is 1. The first-order chi connectivity index (χ1) is 11.0. The summed E-state index contributed by atoms with van der Waals surface area (Å²) < 4.78 is 0. The van der Waals surface area contributed by atoms with Crippen molar-refractivity contribution >= 4 is 23.2 Å². The highest BCUT2D eigenvalue weighted by atomic mass is 32.1. The molecule has 0 fully saturated rings. The fourth-order valence-corrected chi connectivity index (χ4v) is 3.15. The Balaban J connectivity index is 2.04. The Kier molecular flexibility index (Phi) is 5.87. The van der Waals surface area contributed by atoms with E-state index in [2.05, 4.69) is 29.4 Å². The minimum atomic E-state index is -0.356. The van der Waals surface area contributed by atoms with Crippen LogP contribution in [0, 0.1) is 6.92 Å². The second kappa shape index (κ2) is 7.87. The smallest absolute Gasteiger partial charge is 0.263 e. The number of hydrogen-bond acceptors (Lipinski definition) is 4. The quantitative estimate of drug-likeness (QED) is 0.765. The largest absolute Gasteiger partial charge is 0.370 e. The summed E-state index contributed by atoms with van der Waals surface area (Å²) in [5, 5.41) is 3.64. The number of carbonyl (C=O) groups is 2. The maximum atomic E-state index is 12.2. The van der Waals surface area contributed by atoms with E-state index in [1.807, 2.05) is 19.1 Å². The molecule has 1 aromatic carbocycles. The topological polar surface area (TPSA) is 85.1 Å². The summed E-state index contributed by atoms with van der Waals surface area (Å²) in [6, 6.07) is 8.22. The van der Waals surface area contributed by atoms with Gasteiger partial charge in [0.2, 0.25) is 5.91 Å². The summed E-state index contributed by atoms with van der Waals surface area (Å²) in [4.78, 5) is 28.0. The zero-order valence-corrected chi connectivity index (χ0v) is 14.2. The van der Waals surface area contributed by atoms with Crippen molar-refractivity contribution in [2.75, 3.05) is 6.54 Å². The molecule has 2 rings (SSSR count). The molecule has 122 valence electrons. The standard InChI is InChI=1S/C17H21N3O2S/c1-3-12-6-8-13(9-7-12)17-20-11(2)15(23-17)16(22)19-10-4-5-14(18)21/h6-9H,3-5,10H2,1-2H3,(H2,18,21)(H,19,22). The van der Waals surface area contributed by atoms with E-state index in [-0.39, 0.29) is 18.2 Å². The van der Waals surface area contributed by atoms with Gasteiger partial charge in [-0.2, -0.15) is 0 Å². The van der Waals surface area contributed by atoms with Crippen molar-refractivity contribution in [3.05, 3.63) is 40.4 Å². The van der Waals surface area contributed by atoms with Crippen LogP contribution in [-0.4, -0.2) is 23.3 Å². The lowest BCUT2D eigenvalue weighted by Gasteiger charge is -2.02. The number of benzene rings is 1. The molecule has 2 amide bonds. The molecule has 0 unspecified atom stereocenters. The first-order valence-electron chi connectivity index (χ1n) is 7.64. The third kappa shape index (κ3) is 4.63. The van der Waals surface area contributed by atoms with Crippen LogP contribution in [-0.2, 0) is 11.2 Å². The molecule has 0 radical (unpaired) electrons. The molecule has 1 heterocycles. The number of aromatic nitrogens is 1. The molecular weight excluding hydrogens is 310 g/mol. The molecule has 0 saturated carbocycles. The van der Waals surface area contributed by atoms with Crippen molar-refractivity contribution in [2.45, 2.75) is 33.1 Å². The summed E-state index contributed by atoms with van der Waals surface area (Å²) in [5.41, 5.74) is 8.08. The Morgan fingerprint density at radius 2 is 1.96 bits per heavy atom. The summed E-state index contributed by atoms with van der Waals surface area (Å²) >= 11 is 1.38. The van der Waals surface area contributed by atoms with Crippen LogP contribution in [0.1, 0.15) is 40.7 Å². The fraction of sp³-hybridized carbons (Fsp3) is 0.353. The van der Waals surface area contributed by atoms with E-state index in [1.165, 1.54) is 16.9 Å². The van der Waals surface area contributed by atoms with E-state index < -0.39 is 0 Å². The van der Waals surface area contributed by atoms with Gasteiger partial charge < -0.3 is 11.1 Å². The number of nitrogens with two attached hydrogens (primary N) is 1. The maximum Gasteiger partial charge on any atom is 0.263 e. The van der Waals surface area contributed by atoms with Crippen molar-refractivity contribution in [1.29, 1.82) is 0 Å². The SMILES string of the molecule is CCc1ccc(-c2nc(C)c(C(=O)NCCCC(N)=O)s2)cc1. The van der Waals surface area contributed by atoms with Crippen molar-refractivity contribution in [3.8, 4) is 10.6 Å². The molecule has 5 nitrogen and oxygen atoms in total. The normalized spacial score (nSPS) is 10.5. The van der Waals surface area contributed by atoms with Crippen LogP contribution in [0.15, 0.2) is 24.3 Å². The van der Waals surface area contributed by atoms with E-state index in [1.54, 1.807) is 0 Å². The van der Waals surface area contributed by atoms with E-state index >= 15 is 0 Å². The van der Waals surface area contributed by atoms with Gasteiger partial charge in [-0.1, -0.05) is 31.2 Å². The maximum absolute atomic E-state index is 12.2. The lowest BCUT2D eigenvalue weighted by atomic mass is 10.1. The van der Waals surface area contributed by atoms with Gasteiger partial charge in [0.05, 0.1) is 5.69 Å². The van der Waals surface area contributed by atoms with E-state index in [4.69, 9.17) is 5.73 Å². The van der Waals surface area contributed by atoms with Gasteiger partial charge in [-0.15, -0.1) is 11.3 Å². The number of primary amides is 1. The summed E-state index contributed by atoms with van der Waals surface area (Å²) in [5.74, 6) is -0.507. The minimum Gasteiger partial charge on any atom is -0.370 e. The first-order valence-corrected chi connectivity index (χ1v) is 8.46. The van der Waals surface area contributed by atoms with Gasteiger partial charge in [-0.25, -0.2) is 4.98 Å². The number of nitrogens with zero attached hydrogens (tertiary/aromatic N) is 1. The number of hydrogen-bond donors (Lipinski definition) is 2. The molecule has 0 bridgehead atoms. The third-order valence-corrected chi connectivity index (χ3v) is 4.70. The Bertz CT molecular complexity index is 692. The van der Waals surface area contributed by atoms with Crippen molar-refractivity contribution in [2.24, 2.45) is 5.73 Å². The predicted octanol–water partition coefficient (Wildman–Crippen LogP) is 2.68. The summed E-state index contributed by atoms with van der Waals surface area (Å²) in [6.45, 7) is 4.38. The van der Waals surface area contributed by atoms with Crippen molar-refractivity contribution < 1.29 is 9.59 Å². The molecule has 0 aliphatic heterocycles.